The summed E-state index contributed by atoms with van der Waals surface area (Å²) >= 11 is 1.76. The summed E-state index contributed by atoms with van der Waals surface area (Å²) in [6, 6.07) is 63.3. The highest BCUT2D eigenvalue weighted by molar-refractivity contribution is 7.26. The van der Waals surface area contributed by atoms with E-state index in [1.54, 1.807) is 11.3 Å². The van der Waals surface area contributed by atoms with Crippen LogP contribution in [-0.4, -0.2) is 14.5 Å². The van der Waals surface area contributed by atoms with Crippen molar-refractivity contribution in [1.29, 1.82) is 0 Å². The van der Waals surface area contributed by atoms with Gasteiger partial charge in [-0.3, -0.25) is 4.57 Å². The molecular formula is C51H29N3OS. The van der Waals surface area contributed by atoms with E-state index in [-0.39, 0.29) is 0 Å². The number of para-hydroxylation sites is 2. The van der Waals surface area contributed by atoms with Crippen LogP contribution < -0.4 is 4.74 Å². The van der Waals surface area contributed by atoms with Gasteiger partial charge in [0.1, 0.15) is 11.5 Å². The molecule has 0 bridgehead atoms. The van der Waals surface area contributed by atoms with Gasteiger partial charge < -0.3 is 4.74 Å². The molecule has 3 aromatic heterocycles. The lowest BCUT2D eigenvalue weighted by Gasteiger charge is -2.39. The molecule has 0 N–H and O–H groups in total. The van der Waals surface area contributed by atoms with E-state index in [0.717, 1.165) is 71.3 Å². The van der Waals surface area contributed by atoms with Crippen molar-refractivity contribution in [1.82, 2.24) is 14.5 Å². The number of hydrogen-bond acceptors (Lipinski definition) is 4. The third kappa shape index (κ3) is 3.87. The number of benzene rings is 8. The van der Waals surface area contributed by atoms with Crippen LogP contribution in [0.15, 0.2) is 176 Å². The van der Waals surface area contributed by atoms with Crippen molar-refractivity contribution in [2.75, 3.05) is 0 Å². The number of aromatic nitrogens is 3. The first kappa shape index (κ1) is 30.3. The fourth-order valence-electron chi connectivity index (χ4n) is 9.74. The zero-order valence-corrected chi connectivity index (χ0v) is 30.7. The normalized spacial score (nSPS) is 13.6. The van der Waals surface area contributed by atoms with Crippen LogP contribution in [0.3, 0.4) is 0 Å². The Balaban J connectivity index is 1.16. The average molecular weight is 732 g/mol. The molecule has 0 unspecified atom stereocenters. The van der Waals surface area contributed by atoms with Crippen molar-refractivity contribution in [2.24, 2.45) is 0 Å². The van der Waals surface area contributed by atoms with E-state index in [1.807, 2.05) is 0 Å². The Bertz CT molecular complexity index is 3440. The number of nitrogens with zero attached hydrogens (tertiary/aromatic N) is 3. The Labute approximate surface area is 325 Å². The second-order valence-electron chi connectivity index (χ2n) is 14.9. The zero-order chi connectivity index (χ0) is 36.5. The summed E-state index contributed by atoms with van der Waals surface area (Å²) in [5.41, 5.74) is 11.8. The van der Waals surface area contributed by atoms with Gasteiger partial charge in [-0.25, -0.2) is 9.97 Å². The standard InChI is InChI=1S/C51H29N3OS/c1-2-14-31-27-32(26-25-30(31)13-1)47-49-48(36-18-6-12-24-46(36)56-49)53-50(52-47)54-42-22-10-5-17-35(42)37-28-45-41(29-43(37)54)51(40-21-9-11-23-44(40)55-45)38-19-7-3-15-33(38)34-16-4-8-20-39(34)51/h1-29H. The monoisotopic (exact) mass is 731 g/mol. The summed E-state index contributed by atoms with van der Waals surface area (Å²) in [5.74, 6) is 2.39. The van der Waals surface area contributed by atoms with Gasteiger partial charge in [0, 0.05) is 37.5 Å². The Morgan fingerprint density at radius 2 is 1.16 bits per heavy atom. The maximum absolute atomic E-state index is 6.93. The van der Waals surface area contributed by atoms with Crippen molar-refractivity contribution >= 4 is 64.2 Å². The molecule has 0 amide bonds. The van der Waals surface area contributed by atoms with Crippen LogP contribution in [0.5, 0.6) is 11.5 Å². The lowest BCUT2D eigenvalue weighted by Crippen LogP contribution is -2.32. The highest BCUT2D eigenvalue weighted by atomic mass is 32.1. The second-order valence-corrected chi connectivity index (χ2v) is 15.9. The number of hydrogen-bond donors (Lipinski definition) is 0. The molecule has 13 rings (SSSR count). The van der Waals surface area contributed by atoms with Crippen LogP contribution >= 0.6 is 11.3 Å². The molecule has 1 aliphatic carbocycles. The number of thiophene rings is 1. The molecule has 0 fully saturated rings. The van der Waals surface area contributed by atoms with Crippen LogP contribution in [-0.2, 0) is 5.41 Å². The van der Waals surface area contributed by atoms with E-state index >= 15 is 0 Å². The van der Waals surface area contributed by atoms with Crippen LogP contribution in [0.2, 0.25) is 0 Å². The van der Waals surface area contributed by atoms with Crippen LogP contribution in [0.25, 0.3) is 81.2 Å². The summed E-state index contributed by atoms with van der Waals surface area (Å²) in [5, 5.41) is 5.75. The minimum Gasteiger partial charge on any atom is -0.457 e. The zero-order valence-electron chi connectivity index (χ0n) is 29.9. The van der Waals surface area contributed by atoms with Crippen molar-refractivity contribution in [3.05, 3.63) is 198 Å². The molecule has 11 aromatic rings. The molecule has 1 aliphatic heterocycles. The van der Waals surface area contributed by atoms with E-state index in [4.69, 9.17) is 14.7 Å². The van der Waals surface area contributed by atoms with E-state index in [2.05, 4.69) is 180 Å². The number of rotatable bonds is 2. The minimum absolute atomic E-state index is 0.586. The predicted octanol–water partition coefficient (Wildman–Crippen LogP) is 13.2. The van der Waals surface area contributed by atoms with Gasteiger partial charge in [-0.2, -0.15) is 0 Å². The lowest BCUT2D eigenvalue weighted by atomic mass is 9.66. The fourth-order valence-corrected chi connectivity index (χ4v) is 10.9. The molecule has 0 atom stereocenters. The van der Waals surface area contributed by atoms with Gasteiger partial charge in [0.25, 0.3) is 0 Å². The summed E-state index contributed by atoms with van der Waals surface area (Å²) in [7, 11) is 0. The number of ether oxygens (including phenoxy) is 1. The van der Waals surface area contributed by atoms with Gasteiger partial charge in [-0.15, -0.1) is 11.3 Å². The maximum atomic E-state index is 6.93. The fraction of sp³-hybridized carbons (Fsp3) is 0.0196. The SMILES string of the molecule is c1ccc2c(c1)Oc1cc3c4ccccc4n(-c4nc(-c5ccc6ccccc6c5)c5sc6ccccc6c5n4)c3cc1C21c2ccccc2-c2ccccc21. The molecule has 0 saturated heterocycles. The minimum atomic E-state index is -0.586. The summed E-state index contributed by atoms with van der Waals surface area (Å²) in [6.07, 6.45) is 0. The Kier molecular flexibility index (Phi) is 5.95. The van der Waals surface area contributed by atoms with Crippen LogP contribution in [0.1, 0.15) is 22.3 Å². The predicted molar refractivity (Wildman–Crippen MR) is 230 cm³/mol. The van der Waals surface area contributed by atoms with Gasteiger partial charge in [0.2, 0.25) is 5.95 Å². The smallest absolute Gasteiger partial charge is 0.235 e. The van der Waals surface area contributed by atoms with Gasteiger partial charge in [0.15, 0.2) is 0 Å². The van der Waals surface area contributed by atoms with Crippen LogP contribution in [0.4, 0.5) is 0 Å². The largest absolute Gasteiger partial charge is 0.457 e. The van der Waals surface area contributed by atoms with Crippen molar-refractivity contribution in [3.8, 4) is 39.8 Å². The molecule has 0 saturated carbocycles. The second kappa shape index (κ2) is 11.0. The lowest BCUT2D eigenvalue weighted by molar-refractivity contribution is 0.437. The van der Waals surface area contributed by atoms with Crippen molar-refractivity contribution in [2.45, 2.75) is 5.41 Å². The molecular weight excluding hydrogens is 703 g/mol. The van der Waals surface area contributed by atoms with Gasteiger partial charge in [-0.05, 0) is 69.4 Å². The first-order valence-corrected chi connectivity index (χ1v) is 19.8. The van der Waals surface area contributed by atoms with E-state index in [1.165, 1.54) is 37.7 Å². The molecule has 56 heavy (non-hydrogen) atoms. The molecule has 0 radical (unpaired) electrons. The van der Waals surface area contributed by atoms with Crippen molar-refractivity contribution in [3.63, 3.8) is 0 Å². The van der Waals surface area contributed by atoms with Gasteiger partial charge in [-0.1, -0.05) is 140 Å². The highest BCUT2D eigenvalue weighted by Gasteiger charge is 2.51. The summed E-state index contributed by atoms with van der Waals surface area (Å²) in [4.78, 5) is 11.1. The van der Waals surface area contributed by atoms with E-state index in [0.29, 0.717) is 5.95 Å². The van der Waals surface area contributed by atoms with E-state index < -0.39 is 5.41 Å². The average Bonchev–Trinajstić information content (AvgIpc) is 3.89. The molecule has 8 aromatic carbocycles. The molecule has 1 spiro atoms. The Hall–Kier alpha value is -7.08. The van der Waals surface area contributed by atoms with Crippen molar-refractivity contribution < 1.29 is 4.74 Å². The number of fused-ring (bicyclic) bond motifs is 16. The molecule has 4 nitrogen and oxygen atoms in total. The first-order chi connectivity index (χ1) is 27.8. The van der Waals surface area contributed by atoms with E-state index in [9.17, 15) is 0 Å². The molecule has 2 aliphatic rings. The third-order valence-electron chi connectivity index (χ3n) is 12.1. The third-order valence-corrected chi connectivity index (χ3v) is 13.2. The van der Waals surface area contributed by atoms with Crippen LogP contribution in [0, 0.1) is 0 Å². The molecule has 5 heteroatoms. The quantitative estimate of drug-likeness (QED) is 0.178. The first-order valence-electron chi connectivity index (χ1n) is 19.0. The Morgan fingerprint density at radius 1 is 0.482 bits per heavy atom. The molecule has 4 heterocycles. The molecule has 260 valence electrons. The van der Waals surface area contributed by atoms with Gasteiger partial charge >= 0.3 is 0 Å². The topological polar surface area (TPSA) is 39.9 Å². The maximum Gasteiger partial charge on any atom is 0.235 e. The summed E-state index contributed by atoms with van der Waals surface area (Å²) < 4.78 is 11.5. The van der Waals surface area contributed by atoms with Gasteiger partial charge in [0.05, 0.1) is 32.4 Å². The Morgan fingerprint density at radius 3 is 2.00 bits per heavy atom. The highest BCUT2D eigenvalue weighted by Crippen LogP contribution is 2.62. The summed E-state index contributed by atoms with van der Waals surface area (Å²) in [6.45, 7) is 0.